The molecule has 1 heteroatoms. The molecule has 0 spiro atoms. The highest BCUT2D eigenvalue weighted by molar-refractivity contribution is 6.25. The molecule has 0 saturated heterocycles. The molecule has 0 fully saturated rings. The van der Waals surface area contributed by atoms with Crippen LogP contribution in [-0.4, -0.2) is 0 Å². The molecular formula is C4H5Cl. The number of halogens is 1. The third-order valence-electron chi connectivity index (χ3n) is 0.230. The summed E-state index contributed by atoms with van der Waals surface area (Å²) in [6.45, 7) is 1.86. The van der Waals surface area contributed by atoms with Crippen LogP contribution in [0.15, 0.2) is 17.3 Å². The van der Waals surface area contributed by atoms with Gasteiger partial charge in [0.25, 0.3) is 0 Å². The van der Waals surface area contributed by atoms with Crippen molar-refractivity contribution in [2.45, 2.75) is 6.92 Å². The molecule has 0 radical (unpaired) electrons. The maximum atomic E-state index is 5.03. The van der Waals surface area contributed by atoms with Gasteiger partial charge in [0.1, 0.15) is 0 Å². The van der Waals surface area contributed by atoms with Crippen molar-refractivity contribution in [1.82, 2.24) is 0 Å². The molecule has 0 heterocycles. The third kappa shape index (κ3) is 3.81. The highest BCUT2D eigenvalue weighted by Crippen LogP contribution is 1.69. The van der Waals surface area contributed by atoms with Crippen molar-refractivity contribution in [3.63, 3.8) is 0 Å². The Morgan fingerprint density at radius 1 is 1.80 bits per heavy atom. The minimum Gasteiger partial charge on any atom is -0.113 e. The number of allylic oxidation sites excluding steroid dienone is 1. The molecule has 28 valence electrons. The zero-order valence-corrected chi connectivity index (χ0v) is 3.79. The van der Waals surface area contributed by atoms with Gasteiger partial charge in [0.05, 0.1) is 0 Å². The summed E-state index contributed by atoms with van der Waals surface area (Å²) in [6.07, 6.45) is 1.74. The van der Waals surface area contributed by atoms with Gasteiger partial charge < -0.3 is 0 Å². The van der Waals surface area contributed by atoms with Crippen molar-refractivity contribution in [2.75, 3.05) is 0 Å². The van der Waals surface area contributed by atoms with Crippen LogP contribution in [-0.2, 0) is 0 Å². The van der Waals surface area contributed by atoms with Crippen LogP contribution in [0.3, 0.4) is 0 Å². The quantitative estimate of drug-likeness (QED) is 0.397. The predicted molar refractivity (Wildman–Crippen MR) is 24.2 cm³/mol. The molecule has 0 aromatic rings. The Morgan fingerprint density at radius 3 is 2.40 bits per heavy atom. The first-order valence-corrected chi connectivity index (χ1v) is 1.81. The van der Waals surface area contributed by atoms with Gasteiger partial charge in [0.2, 0.25) is 0 Å². The minimum atomic E-state index is 1.35. The Labute approximate surface area is 36.8 Å². The Bertz CT molecular complexity index is 52.0. The van der Waals surface area contributed by atoms with Gasteiger partial charge in [-0.3, -0.25) is 0 Å². The van der Waals surface area contributed by atoms with Gasteiger partial charge in [-0.25, -0.2) is 0 Å². The lowest BCUT2D eigenvalue weighted by molar-refractivity contribution is 1.78. The summed E-state index contributed by atoms with van der Waals surface area (Å²) >= 11 is 5.03. The second kappa shape index (κ2) is 3.81. The van der Waals surface area contributed by atoms with E-state index in [1.807, 2.05) is 6.92 Å². The van der Waals surface area contributed by atoms with Crippen LogP contribution < -0.4 is 0 Å². The van der Waals surface area contributed by atoms with E-state index in [0.29, 0.717) is 0 Å². The predicted octanol–water partition coefficient (Wildman–Crippen LogP) is 1.91. The van der Waals surface area contributed by atoms with Crippen molar-refractivity contribution in [3.8, 4) is 0 Å². The van der Waals surface area contributed by atoms with Gasteiger partial charge in [-0.1, -0.05) is 11.6 Å². The maximum absolute atomic E-state index is 5.03. The molecule has 5 heavy (non-hydrogen) atoms. The van der Waals surface area contributed by atoms with Gasteiger partial charge >= 0.3 is 0 Å². The van der Waals surface area contributed by atoms with Crippen molar-refractivity contribution in [3.05, 3.63) is 17.3 Å². The van der Waals surface area contributed by atoms with E-state index < -0.39 is 0 Å². The number of hydrogen-bond donors (Lipinski definition) is 0. The molecule has 0 aliphatic heterocycles. The molecule has 0 aliphatic carbocycles. The molecule has 0 bridgehead atoms. The highest BCUT2D eigenvalue weighted by atomic mass is 35.5. The van der Waals surface area contributed by atoms with Crippen LogP contribution in [0, 0.1) is 0 Å². The standard InChI is InChI=1S/C4H5Cl/c1-2-3-4-5/h2,4H,1H3. The maximum Gasteiger partial charge on any atom is 0.0459 e. The van der Waals surface area contributed by atoms with Crippen LogP contribution in [0.2, 0.25) is 0 Å². The molecule has 0 aromatic carbocycles. The summed E-state index contributed by atoms with van der Waals surface area (Å²) in [4.78, 5) is 0. The highest BCUT2D eigenvalue weighted by Gasteiger charge is 1.37. The van der Waals surface area contributed by atoms with Gasteiger partial charge in [0.15, 0.2) is 0 Å². The van der Waals surface area contributed by atoms with E-state index in [2.05, 4.69) is 5.73 Å². The molecule has 0 nitrogen and oxygen atoms in total. The summed E-state index contributed by atoms with van der Waals surface area (Å²) in [5, 5.41) is 0. The Kier molecular flexibility index (Phi) is 3.67. The van der Waals surface area contributed by atoms with E-state index in [4.69, 9.17) is 11.6 Å². The van der Waals surface area contributed by atoms with Crippen molar-refractivity contribution in [1.29, 1.82) is 0 Å². The molecule has 0 amide bonds. The van der Waals surface area contributed by atoms with Crippen molar-refractivity contribution >= 4 is 11.6 Å². The molecule has 0 atom stereocenters. The van der Waals surface area contributed by atoms with Gasteiger partial charge in [-0.15, -0.1) is 5.73 Å². The zero-order valence-electron chi connectivity index (χ0n) is 3.03. The first kappa shape index (κ1) is 4.81. The van der Waals surface area contributed by atoms with E-state index in [-0.39, 0.29) is 0 Å². The smallest absolute Gasteiger partial charge is 0.0459 e. The SMILES string of the molecule is CC=C=CCl. The topological polar surface area (TPSA) is 0 Å². The number of hydrogen-bond acceptors (Lipinski definition) is 0. The molecule has 0 saturated carbocycles. The van der Waals surface area contributed by atoms with Gasteiger partial charge in [0, 0.05) is 5.54 Å². The molecule has 0 N–H and O–H groups in total. The van der Waals surface area contributed by atoms with Crippen LogP contribution >= 0.6 is 11.6 Å². The summed E-state index contributed by atoms with van der Waals surface area (Å²) in [6, 6.07) is 0. The molecule has 0 unspecified atom stereocenters. The summed E-state index contributed by atoms with van der Waals surface area (Å²) in [7, 11) is 0. The lowest BCUT2D eigenvalue weighted by atomic mass is 10.7. The minimum absolute atomic E-state index is 1.35. The van der Waals surface area contributed by atoms with E-state index >= 15 is 0 Å². The van der Waals surface area contributed by atoms with E-state index in [1.54, 1.807) is 6.08 Å². The normalized spacial score (nSPS) is 5.20. The van der Waals surface area contributed by atoms with E-state index in [0.717, 1.165) is 0 Å². The summed E-state index contributed by atoms with van der Waals surface area (Å²) in [5.41, 5.74) is 3.97. The average molecular weight is 88.5 g/mol. The molecule has 0 aromatic heterocycles. The first-order chi connectivity index (χ1) is 2.41. The monoisotopic (exact) mass is 88.0 g/mol. The summed E-state index contributed by atoms with van der Waals surface area (Å²) in [5.74, 6) is 0. The fourth-order valence-electron chi connectivity index (χ4n) is 0.0630. The van der Waals surface area contributed by atoms with Crippen LogP contribution in [0.25, 0.3) is 0 Å². The van der Waals surface area contributed by atoms with E-state index in [9.17, 15) is 0 Å². The molecule has 0 rings (SSSR count). The zero-order chi connectivity index (χ0) is 4.12. The van der Waals surface area contributed by atoms with Crippen LogP contribution in [0.1, 0.15) is 6.92 Å². The first-order valence-electron chi connectivity index (χ1n) is 1.37. The Balaban J connectivity index is 3.26. The second-order valence-corrected chi connectivity index (χ2v) is 0.783. The Hall–Kier alpha value is -0.190. The van der Waals surface area contributed by atoms with Crippen LogP contribution in [0.4, 0.5) is 0 Å². The van der Waals surface area contributed by atoms with Gasteiger partial charge in [-0.05, 0) is 13.0 Å². The molecule has 0 aliphatic rings. The van der Waals surface area contributed by atoms with E-state index in [1.165, 1.54) is 5.54 Å². The average Bonchev–Trinajstić information content (AvgIpc) is 1.41. The lowest BCUT2D eigenvalue weighted by Gasteiger charge is -1.46. The number of rotatable bonds is 0. The third-order valence-corrected chi connectivity index (χ3v) is 0.356. The van der Waals surface area contributed by atoms with Gasteiger partial charge in [-0.2, -0.15) is 0 Å². The lowest BCUT2D eigenvalue weighted by Crippen LogP contribution is -1.22. The Morgan fingerprint density at radius 2 is 2.40 bits per heavy atom. The fourth-order valence-corrected chi connectivity index (χ4v) is 0.189. The largest absolute Gasteiger partial charge is 0.113 e. The second-order valence-electron chi connectivity index (χ2n) is 0.564. The van der Waals surface area contributed by atoms with Crippen molar-refractivity contribution in [2.24, 2.45) is 0 Å². The molecular weight excluding hydrogens is 83.5 g/mol. The van der Waals surface area contributed by atoms with Crippen molar-refractivity contribution < 1.29 is 0 Å². The fraction of sp³-hybridized carbons (Fsp3) is 0.250. The van der Waals surface area contributed by atoms with Crippen LogP contribution in [0.5, 0.6) is 0 Å². The summed E-state index contributed by atoms with van der Waals surface area (Å²) < 4.78 is 0.